The van der Waals surface area contributed by atoms with Crippen molar-refractivity contribution in [2.45, 2.75) is 45.1 Å². The smallest absolute Gasteiger partial charge is 0.197 e. The van der Waals surface area contributed by atoms with Crippen molar-refractivity contribution in [3.63, 3.8) is 0 Å². The molecule has 1 aromatic rings. The fourth-order valence-corrected chi connectivity index (χ4v) is 2.92. The molecular formula is C16H20F2O2. The second-order valence-corrected chi connectivity index (χ2v) is 5.23. The molecule has 1 unspecified atom stereocenters. The summed E-state index contributed by atoms with van der Waals surface area (Å²) in [5.74, 6) is -2.12. The zero-order valence-electron chi connectivity index (χ0n) is 11.7. The van der Waals surface area contributed by atoms with Crippen LogP contribution < -0.4 is 0 Å². The standard InChI is InChI=1S/C16H20F2O2/c1-2-20-16(11-7-4-3-5-8-11)15(19)14-12(17)9-6-10-13(14)18/h6,9-11,16H,2-5,7-8H2,1H3. The first kappa shape index (κ1) is 15.1. The third kappa shape index (κ3) is 3.23. The largest absolute Gasteiger partial charge is 0.370 e. The van der Waals surface area contributed by atoms with Gasteiger partial charge in [0.2, 0.25) is 0 Å². The van der Waals surface area contributed by atoms with Crippen LogP contribution in [0.3, 0.4) is 0 Å². The Kier molecular flexibility index (Phi) is 5.24. The summed E-state index contributed by atoms with van der Waals surface area (Å²) in [5, 5.41) is 0. The number of rotatable bonds is 5. The topological polar surface area (TPSA) is 26.3 Å². The molecule has 0 bridgehead atoms. The van der Waals surface area contributed by atoms with Crippen molar-refractivity contribution in [2.24, 2.45) is 5.92 Å². The number of hydrogen-bond donors (Lipinski definition) is 0. The van der Waals surface area contributed by atoms with Crippen molar-refractivity contribution < 1.29 is 18.3 Å². The number of ketones is 1. The Morgan fingerprint density at radius 3 is 2.40 bits per heavy atom. The number of benzene rings is 1. The highest BCUT2D eigenvalue weighted by atomic mass is 19.1. The van der Waals surface area contributed by atoms with Crippen molar-refractivity contribution in [1.29, 1.82) is 0 Å². The van der Waals surface area contributed by atoms with E-state index in [0.717, 1.165) is 44.2 Å². The van der Waals surface area contributed by atoms with Crippen LogP contribution in [0.4, 0.5) is 8.78 Å². The monoisotopic (exact) mass is 282 g/mol. The minimum absolute atomic E-state index is 0.0650. The normalized spacial score (nSPS) is 17.9. The summed E-state index contributed by atoms with van der Waals surface area (Å²) >= 11 is 0. The Morgan fingerprint density at radius 1 is 1.25 bits per heavy atom. The lowest BCUT2D eigenvalue weighted by molar-refractivity contribution is 0.0121. The first-order valence-corrected chi connectivity index (χ1v) is 7.25. The van der Waals surface area contributed by atoms with E-state index in [0.29, 0.717) is 6.61 Å². The number of hydrogen-bond acceptors (Lipinski definition) is 2. The van der Waals surface area contributed by atoms with E-state index >= 15 is 0 Å². The van der Waals surface area contributed by atoms with Gasteiger partial charge in [-0.3, -0.25) is 4.79 Å². The highest BCUT2D eigenvalue weighted by Gasteiger charge is 2.33. The van der Waals surface area contributed by atoms with Crippen LogP contribution in [0, 0.1) is 17.6 Å². The highest BCUT2D eigenvalue weighted by molar-refractivity contribution is 6.00. The van der Waals surface area contributed by atoms with Gasteiger partial charge in [0.05, 0.1) is 5.56 Å². The van der Waals surface area contributed by atoms with Gasteiger partial charge < -0.3 is 4.74 Å². The zero-order valence-corrected chi connectivity index (χ0v) is 11.7. The molecule has 2 rings (SSSR count). The van der Waals surface area contributed by atoms with E-state index < -0.39 is 29.1 Å². The first-order chi connectivity index (χ1) is 9.65. The fourth-order valence-electron chi connectivity index (χ4n) is 2.92. The van der Waals surface area contributed by atoms with Crippen LogP contribution in [0.5, 0.6) is 0 Å². The maximum Gasteiger partial charge on any atom is 0.197 e. The van der Waals surface area contributed by atoms with E-state index in [-0.39, 0.29) is 5.92 Å². The molecule has 0 heterocycles. The summed E-state index contributed by atoms with van der Waals surface area (Å²) < 4.78 is 33.0. The van der Waals surface area contributed by atoms with Gasteiger partial charge in [0.1, 0.15) is 17.7 Å². The van der Waals surface area contributed by atoms with Crippen molar-refractivity contribution in [3.8, 4) is 0 Å². The van der Waals surface area contributed by atoms with E-state index in [4.69, 9.17) is 4.74 Å². The van der Waals surface area contributed by atoms with Crippen molar-refractivity contribution in [1.82, 2.24) is 0 Å². The Labute approximate surface area is 118 Å². The molecule has 0 spiro atoms. The third-order valence-corrected chi connectivity index (χ3v) is 3.89. The van der Waals surface area contributed by atoms with E-state index in [1.807, 2.05) is 0 Å². The summed E-state index contributed by atoms with van der Waals surface area (Å²) in [4.78, 5) is 12.5. The highest BCUT2D eigenvalue weighted by Crippen LogP contribution is 2.30. The zero-order chi connectivity index (χ0) is 14.5. The molecule has 4 heteroatoms. The van der Waals surface area contributed by atoms with Crippen LogP contribution in [0.25, 0.3) is 0 Å². The summed E-state index contributed by atoms with van der Waals surface area (Å²) in [6.45, 7) is 2.16. The Hall–Kier alpha value is -1.29. The molecule has 1 aromatic carbocycles. The average molecular weight is 282 g/mol. The summed E-state index contributed by atoms with van der Waals surface area (Å²) in [6, 6.07) is 3.48. The molecule has 1 atom stereocenters. The quantitative estimate of drug-likeness (QED) is 0.759. The van der Waals surface area contributed by atoms with Crippen LogP contribution >= 0.6 is 0 Å². The molecule has 0 amide bonds. The van der Waals surface area contributed by atoms with Crippen LogP contribution in [-0.2, 0) is 4.74 Å². The molecule has 0 radical (unpaired) electrons. The van der Waals surface area contributed by atoms with Gasteiger partial charge in [0.25, 0.3) is 0 Å². The van der Waals surface area contributed by atoms with Gasteiger partial charge in [-0.2, -0.15) is 0 Å². The van der Waals surface area contributed by atoms with E-state index in [1.54, 1.807) is 6.92 Å². The maximum atomic E-state index is 13.8. The van der Waals surface area contributed by atoms with Crippen molar-refractivity contribution in [2.75, 3.05) is 6.61 Å². The Morgan fingerprint density at radius 2 is 1.85 bits per heavy atom. The SMILES string of the molecule is CCOC(C(=O)c1c(F)cccc1F)C1CCCCC1. The van der Waals surface area contributed by atoms with E-state index in [1.165, 1.54) is 6.07 Å². The molecular weight excluding hydrogens is 262 g/mol. The van der Waals surface area contributed by atoms with Crippen LogP contribution in [-0.4, -0.2) is 18.5 Å². The molecule has 20 heavy (non-hydrogen) atoms. The molecule has 1 saturated carbocycles. The van der Waals surface area contributed by atoms with Crippen LogP contribution in [0.1, 0.15) is 49.4 Å². The van der Waals surface area contributed by atoms with Gasteiger partial charge >= 0.3 is 0 Å². The summed E-state index contributed by atoms with van der Waals surface area (Å²) in [5.41, 5.74) is -0.462. The van der Waals surface area contributed by atoms with Crippen LogP contribution in [0.2, 0.25) is 0 Å². The molecule has 1 aliphatic carbocycles. The first-order valence-electron chi connectivity index (χ1n) is 7.25. The number of ether oxygens (including phenoxy) is 1. The summed E-state index contributed by atoms with van der Waals surface area (Å²) in [7, 11) is 0. The predicted octanol–water partition coefficient (Wildman–Crippen LogP) is 4.13. The minimum atomic E-state index is -0.810. The maximum absolute atomic E-state index is 13.8. The molecule has 110 valence electrons. The molecule has 2 nitrogen and oxygen atoms in total. The number of carbonyl (C=O) groups excluding carboxylic acids is 1. The molecule has 1 aliphatic rings. The van der Waals surface area contributed by atoms with Gasteiger partial charge in [-0.1, -0.05) is 25.3 Å². The molecule has 0 aliphatic heterocycles. The number of carbonyl (C=O) groups is 1. The molecule has 0 aromatic heterocycles. The van der Waals surface area contributed by atoms with Gasteiger partial charge in [0, 0.05) is 6.61 Å². The van der Waals surface area contributed by atoms with E-state index in [9.17, 15) is 13.6 Å². The lowest BCUT2D eigenvalue weighted by atomic mass is 9.82. The van der Waals surface area contributed by atoms with Crippen molar-refractivity contribution in [3.05, 3.63) is 35.4 Å². The second kappa shape index (κ2) is 6.93. The van der Waals surface area contributed by atoms with E-state index in [2.05, 4.69) is 0 Å². The predicted molar refractivity (Wildman–Crippen MR) is 72.7 cm³/mol. The molecule has 1 fully saturated rings. The lowest BCUT2D eigenvalue weighted by Gasteiger charge is -2.29. The number of halogens is 2. The lowest BCUT2D eigenvalue weighted by Crippen LogP contribution is -2.35. The third-order valence-electron chi connectivity index (χ3n) is 3.89. The fraction of sp³-hybridized carbons (Fsp3) is 0.562. The van der Waals surface area contributed by atoms with Gasteiger partial charge in [-0.25, -0.2) is 8.78 Å². The van der Waals surface area contributed by atoms with Crippen LogP contribution in [0.15, 0.2) is 18.2 Å². The van der Waals surface area contributed by atoms with Gasteiger partial charge in [0.15, 0.2) is 5.78 Å². The minimum Gasteiger partial charge on any atom is -0.370 e. The Balaban J connectivity index is 2.26. The molecule has 0 saturated heterocycles. The molecule has 0 N–H and O–H groups in total. The second-order valence-electron chi connectivity index (χ2n) is 5.23. The average Bonchev–Trinajstić information content (AvgIpc) is 2.45. The number of Topliss-reactive ketones (excluding diaryl/α,β-unsaturated/α-hetero) is 1. The van der Waals surface area contributed by atoms with Gasteiger partial charge in [-0.15, -0.1) is 0 Å². The summed E-state index contributed by atoms with van der Waals surface area (Å²) in [6.07, 6.45) is 4.27. The van der Waals surface area contributed by atoms with Gasteiger partial charge in [-0.05, 0) is 37.8 Å². The van der Waals surface area contributed by atoms with Crippen molar-refractivity contribution >= 4 is 5.78 Å². The Bertz CT molecular complexity index is 447.